The molecule has 0 spiro atoms. The van der Waals surface area contributed by atoms with Crippen molar-refractivity contribution in [1.29, 1.82) is 0 Å². The van der Waals surface area contributed by atoms with Gasteiger partial charge in [-0.1, -0.05) is 0 Å². The maximum Gasteiger partial charge on any atom is 0.356 e. The number of imidazole rings is 1. The van der Waals surface area contributed by atoms with Gasteiger partial charge in [0.15, 0.2) is 5.69 Å². The van der Waals surface area contributed by atoms with Crippen molar-refractivity contribution in [1.82, 2.24) is 14.4 Å². The van der Waals surface area contributed by atoms with Crippen LogP contribution in [0.25, 0.3) is 16.9 Å². The molecule has 0 atom stereocenters. The van der Waals surface area contributed by atoms with E-state index in [0.717, 1.165) is 5.56 Å². The first-order chi connectivity index (χ1) is 9.16. The Morgan fingerprint density at radius 2 is 1.89 bits per heavy atom. The molecule has 0 saturated carbocycles. The highest BCUT2D eigenvalue weighted by Gasteiger charge is 2.17. The lowest BCUT2D eigenvalue weighted by Crippen LogP contribution is -1.97. The van der Waals surface area contributed by atoms with Gasteiger partial charge in [-0.25, -0.2) is 9.78 Å². The van der Waals surface area contributed by atoms with E-state index in [1.54, 1.807) is 28.9 Å². The first-order valence-electron chi connectivity index (χ1n) is 5.51. The summed E-state index contributed by atoms with van der Waals surface area (Å²) in [6.07, 6.45) is 4.63. The number of hydrogen-bond donors (Lipinski definition) is 2. The van der Waals surface area contributed by atoms with Crippen molar-refractivity contribution in [3.63, 3.8) is 0 Å². The third-order valence-corrected chi connectivity index (χ3v) is 2.76. The summed E-state index contributed by atoms with van der Waals surface area (Å²) in [5.41, 5.74) is 1.10. The predicted octanol–water partition coefficient (Wildman–Crippen LogP) is 1.80. The number of carboxylic acids is 1. The van der Waals surface area contributed by atoms with Crippen molar-refractivity contribution in [3.05, 3.63) is 48.5 Å². The molecule has 2 N–H and O–H groups in total. The van der Waals surface area contributed by atoms with E-state index < -0.39 is 5.97 Å². The minimum Gasteiger partial charge on any atom is -0.506 e. The largest absolute Gasteiger partial charge is 0.506 e. The molecular formula is C13H9N3O3. The number of pyridine rings is 2. The van der Waals surface area contributed by atoms with E-state index in [1.165, 1.54) is 18.3 Å². The van der Waals surface area contributed by atoms with Crippen LogP contribution in [0.2, 0.25) is 0 Å². The topological polar surface area (TPSA) is 87.7 Å². The lowest BCUT2D eigenvalue weighted by atomic mass is 10.2. The molecule has 6 nitrogen and oxygen atoms in total. The number of carboxylic acid groups (broad SMARTS) is 1. The second kappa shape index (κ2) is 4.09. The fraction of sp³-hybridized carbons (Fsp3) is 0. The standard InChI is InChI=1S/C13H9N3O3/c17-9-1-2-10-11(13(18)19)15-12(16(10)7-9)8-3-5-14-6-4-8/h1-7,17H,(H,18,19). The zero-order valence-corrected chi connectivity index (χ0v) is 9.69. The molecule has 6 heteroatoms. The highest BCUT2D eigenvalue weighted by atomic mass is 16.4. The number of carbonyl (C=O) groups is 1. The summed E-state index contributed by atoms with van der Waals surface area (Å²) in [7, 11) is 0. The van der Waals surface area contributed by atoms with Crippen LogP contribution in [0.5, 0.6) is 5.75 Å². The number of aromatic carboxylic acids is 1. The Labute approximate surface area is 107 Å². The molecule has 0 aliphatic rings. The van der Waals surface area contributed by atoms with Gasteiger partial charge in [-0.3, -0.25) is 9.38 Å². The summed E-state index contributed by atoms with van der Waals surface area (Å²) < 4.78 is 1.55. The molecule has 0 bridgehead atoms. The van der Waals surface area contributed by atoms with Crippen LogP contribution in [-0.2, 0) is 0 Å². The van der Waals surface area contributed by atoms with Gasteiger partial charge in [0.05, 0.1) is 11.7 Å². The molecule has 0 radical (unpaired) electrons. The fourth-order valence-electron chi connectivity index (χ4n) is 1.94. The molecule has 0 aromatic carbocycles. The number of rotatable bonds is 2. The van der Waals surface area contributed by atoms with E-state index in [0.29, 0.717) is 11.3 Å². The second-order valence-electron chi connectivity index (χ2n) is 3.97. The predicted molar refractivity (Wildman–Crippen MR) is 67.0 cm³/mol. The molecule has 3 aromatic heterocycles. The maximum atomic E-state index is 11.2. The Kier molecular flexibility index (Phi) is 2.42. The fourth-order valence-corrected chi connectivity index (χ4v) is 1.94. The molecule has 3 heterocycles. The number of nitrogens with zero attached hydrogens (tertiary/aromatic N) is 3. The van der Waals surface area contributed by atoms with Gasteiger partial charge in [0.2, 0.25) is 0 Å². The van der Waals surface area contributed by atoms with Gasteiger partial charge in [0.1, 0.15) is 11.6 Å². The highest BCUT2D eigenvalue weighted by Crippen LogP contribution is 2.24. The average Bonchev–Trinajstić information content (AvgIpc) is 2.78. The third-order valence-electron chi connectivity index (χ3n) is 2.76. The molecule has 3 aromatic rings. The zero-order chi connectivity index (χ0) is 13.4. The van der Waals surface area contributed by atoms with Crippen molar-refractivity contribution in [2.45, 2.75) is 0 Å². The van der Waals surface area contributed by atoms with Crippen molar-refractivity contribution in [2.24, 2.45) is 0 Å². The quantitative estimate of drug-likeness (QED) is 0.729. The van der Waals surface area contributed by atoms with Crippen LogP contribution < -0.4 is 0 Å². The maximum absolute atomic E-state index is 11.2. The Morgan fingerprint density at radius 3 is 2.58 bits per heavy atom. The molecule has 94 valence electrons. The van der Waals surface area contributed by atoms with E-state index in [-0.39, 0.29) is 11.4 Å². The Morgan fingerprint density at radius 1 is 1.16 bits per heavy atom. The molecule has 0 aliphatic carbocycles. The van der Waals surface area contributed by atoms with Gasteiger partial charge in [0, 0.05) is 18.0 Å². The molecule has 0 fully saturated rings. The highest BCUT2D eigenvalue weighted by molar-refractivity contribution is 5.95. The van der Waals surface area contributed by atoms with E-state index in [4.69, 9.17) is 5.11 Å². The summed E-state index contributed by atoms with van der Waals surface area (Å²) in [6.45, 7) is 0. The van der Waals surface area contributed by atoms with Gasteiger partial charge in [-0.15, -0.1) is 0 Å². The number of fused-ring (bicyclic) bond motifs is 1. The molecule has 0 saturated heterocycles. The van der Waals surface area contributed by atoms with E-state index in [2.05, 4.69) is 9.97 Å². The summed E-state index contributed by atoms with van der Waals surface area (Å²) in [5.74, 6) is -0.619. The smallest absolute Gasteiger partial charge is 0.356 e. The summed E-state index contributed by atoms with van der Waals surface area (Å²) in [4.78, 5) is 19.2. The molecule has 0 amide bonds. The second-order valence-corrected chi connectivity index (χ2v) is 3.97. The molecule has 19 heavy (non-hydrogen) atoms. The van der Waals surface area contributed by atoms with Crippen molar-refractivity contribution in [3.8, 4) is 17.1 Å². The van der Waals surface area contributed by atoms with Gasteiger partial charge in [-0.2, -0.15) is 0 Å². The number of aromatic hydroxyl groups is 1. The van der Waals surface area contributed by atoms with Gasteiger partial charge >= 0.3 is 5.97 Å². The zero-order valence-electron chi connectivity index (χ0n) is 9.69. The van der Waals surface area contributed by atoms with Crippen LogP contribution in [0.1, 0.15) is 10.5 Å². The lowest BCUT2D eigenvalue weighted by Gasteiger charge is -2.01. The molecular weight excluding hydrogens is 246 g/mol. The van der Waals surface area contributed by atoms with Gasteiger partial charge < -0.3 is 10.2 Å². The first-order valence-corrected chi connectivity index (χ1v) is 5.51. The number of hydrogen-bond acceptors (Lipinski definition) is 4. The Bertz CT molecular complexity index is 765. The summed E-state index contributed by atoms with van der Waals surface area (Å²) in [5, 5.41) is 18.7. The minimum atomic E-state index is -1.11. The first kappa shape index (κ1) is 11.2. The monoisotopic (exact) mass is 255 g/mol. The van der Waals surface area contributed by atoms with Crippen molar-refractivity contribution in [2.75, 3.05) is 0 Å². The van der Waals surface area contributed by atoms with Crippen LogP contribution >= 0.6 is 0 Å². The normalized spacial score (nSPS) is 10.7. The Hall–Kier alpha value is -2.89. The van der Waals surface area contributed by atoms with Gasteiger partial charge in [-0.05, 0) is 24.3 Å². The van der Waals surface area contributed by atoms with Crippen LogP contribution in [0.4, 0.5) is 0 Å². The molecule has 0 aliphatic heterocycles. The van der Waals surface area contributed by atoms with Crippen molar-refractivity contribution < 1.29 is 15.0 Å². The minimum absolute atomic E-state index is 0.0390. The number of aromatic nitrogens is 3. The third kappa shape index (κ3) is 1.79. The Balaban J connectivity index is 2.36. The van der Waals surface area contributed by atoms with Gasteiger partial charge in [0.25, 0.3) is 0 Å². The van der Waals surface area contributed by atoms with E-state index >= 15 is 0 Å². The lowest BCUT2D eigenvalue weighted by molar-refractivity contribution is 0.0693. The van der Waals surface area contributed by atoms with Crippen LogP contribution in [-0.4, -0.2) is 30.6 Å². The SMILES string of the molecule is O=C(O)c1nc(-c2ccncc2)n2cc(O)ccc12. The van der Waals surface area contributed by atoms with Crippen molar-refractivity contribution >= 4 is 11.5 Å². The van der Waals surface area contributed by atoms with Crippen LogP contribution in [0, 0.1) is 0 Å². The molecule has 0 unspecified atom stereocenters. The molecule has 3 rings (SSSR count). The van der Waals surface area contributed by atoms with E-state index in [1.807, 2.05) is 0 Å². The average molecular weight is 255 g/mol. The summed E-state index contributed by atoms with van der Waals surface area (Å²) in [6, 6.07) is 6.41. The van der Waals surface area contributed by atoms with Crippen LogP contribution in [0.15, 0.2) is 42.9 Å². The van der Waals surface area contributed by atoms with E-state index in [9.17, 15) is 9.90 Å². The summed E-state index contributed by atoms with van der Waals surface area (Å²) >= 11 is 0. The van der Waals surface area contributed by atoms with Crippen LogP contribution in [0.3, 0.4) is 0 Å².